The fourth-order valence-corrected chi connectivity index (χ4v) is 2.99. The van der Waals surface area contributed by atoms with Gasteiger partial charge in [-0.25, -0.2) is 4.79 Å². The molecule has 19 heavy (non-hydrogen) atoms. The van der Waals surface area contributed by atoms with Crippen LogP contribution >= 0.6 is 11.6 Å². The van der Waals surface area contributed by atoms with Gasteiger partial charge in [-0.05, 0) is 32.9 Å². The van der Waals surface area contributed by atoms with Crippen molar-refractivity contribution in [2.24, 2.45) is 0 Å². The summed E-state index contributed by atoms with van der Waals surface area (Å²) in [5.41, 5.74) is -1.07. The highest BCUT2D eigenvalue weighted by Gasteiger charge is 2.23. The molecule has 0 aliphatic carbocycles. The van der Waals surface area contributed by atoms with E-state index in [4.69, 9.17) is 16.7 Å². The molecule has 106 valence electrons. The maximum atomic E-state index is 11.9. The standard InChI is InChI=1S/C11H15ClN2O4S/c1-11(2,3)14-19(17,18)13-9-7(10(15)16)5-4-6-8(9)12/h4-6,13-14H,1-3H3,(H,15,16). The number of rotatable bonds is 4. The van der Waals surface area contributed by atoms with Crippen LogP contribution in [0.15, 0.2) is 18.2 Å². The summed E-state index contributed by atoms with van der Waals surface area (Å²) in [5, 5.41) is 9.02. The molecule has 1 aromatic carbocycles. The molecule has 0 aliphatic heterocycles. The second kappa shape index (κ2) is 5.36. The number of carboxylic acids is 1. The molecule has 0 atom stereocenters. The number of carbonyl (C=O) groups is 1. The number of hydrogen-bond donors (Lipinski definition) is 3. The van der Waals surface area contributed by atoms with Crippen LogP contribution in [0, 0.1) is 0 Å². The zero-order valence-corrected chi connectivity index (χ0v) is 12.3. The van der Waals surface area contributed by atoms with Gasteiger partial charge in [0.2, 0.25) is 0 Å². The van der Waals surface area contributed by atoms with Crippen LogP contribution in [0.2, 0.25) is 5.02 Å². The highest BCUT2D eigenvalue weighted by atomic mass is 35.5. The lowest BCUT2D eigenvalue weighted by molar-refractivity contribution is 0.0698. The van der Waals surface area contributed by atoms with E-state index in [0.29, 0.717) is 0 Å². The number of carboxylic acid groups (broad SMARTS) is 1. The maximum Gasteiger partial charge on any atom is 0.337 e. The van der Waals surface area contributed by atoms with E-state index in [0.717, 1.165) is 0 Å². The lowest BCUT2D eigenvalue weighted by Gasteiger charge is -2.21. The number of hydrogen-bond acceptors (Lipinski definition) is 3. The van der Waals surface area contributed by atoms with E-state index in [2.05, 4.69) is 9.44 Å². The van der Waals surface area contributed by atoms with Gasteiger partial charge in [-0.1, -0.05) is 17.7 Å². The molecular weight excluding hydrogens is 292 g/mol. The molecule has 0 fully saturated rings. The fraction of sp³-hybridized carbons (Fsp3) is 0.364. The number of nitrogens with one attached hydrogen (secondary N) is 2. The third kappa shape index (κ3) is 4.70. The Labute approximate surface area is 117 Å². The summed E-state index contributed by atoms with van der Waals surface area (Å²) in [6.07, 6.45) is 0. The lowest BCUT2D eigenvalue weighted by Crippen LogP contribution is -2.43. The molecule has 0 unspecified atom stereocenters. The van der Waals surface area contributed by atoms with Gasteiger partial charge < -0.3 is 5.11 Å². The molecule has 0 radical (unpaired) electrons. The van der Waals surface area contributed by atoms with E-state index in [1.54, 1.807) is 20.8 Å². The van der Waals surface area contributed by atoms with Gasteiger partial charge in [0.15, 0.2) is 0 Å². The van der Waals surface area contributed by atoms with E-state index >= 15 is 0 Å². The van der Waals surface area contributed by atoms with Crippen LogP contribution in [-0.4, -0.2) is 25.0 Å². The van der Waals surface area contributed by atoms with Crippen LogP contribution in [0.3, 0.4) is 0 Å². The summed E-state index contributed by atoms with van der Waals surface area (Å²) in [5.74, 6) is -1.27. The zero-order chi connectivity index (χ0) is 14.8. The third-order valence-electron chi connectivity index (χ3n) is 1.92. The predicted molar refractivity (Wildman–Crippen MR) is 73.8 cm³/mol. The van der Waals surface area contributed by atoms with Gasteiger partial charge in [0.05, 0.1) is 16.3 Å². The number of halogens is 1. The molecule has 0 heterocycles. The van der Waals surface area contributed by atoms with Gasteiger partial charge >= 0.3 is 5.97 Å². The quantitative estimate of drug-likeness (QED) is 0.793. The van der Waals surface area contributed by atoms with Crippen LogP contribution in [0.25, 0.3) is 0 Å². The first kappa shape index (κ1) is 15.7. The average Bonchev–Trinajstić information content (AvgIpc) is 2.16. The van der Waals surface area contributed by atoms with Gasteiger partial charge in [0.1, 0.15) is 0 Å². The second-order valence-corrected chi connectivity index (χ2v) is 6.75. The van der Waals surface area contributed by atoms with Crippen molar-refractivity contribution in [1.82, 2.24) is 4.72 Å². The highest BCUT2D eigenvalue weighted by molar-refractivity contribution is 7.90. The van der Waals surface area contributed by atoms with Gasteiger partial charge in [-0.3, -0.25) is 4.72 Å². The summed E-state index contributed by atoms with van der Waals surface area (Å²) >= 11 is 5.83. The van der Waals surface area contributed by atoms with E-state index in [9.17, 15) is 13.2 Å². The first-order valence-corrected chi connectivity index (χ1v) is 7.21. The van der Waals surface area contributed by atoms with Gasteiger partial charge in [0, 0.05) is 5.54 Å². The predicted octanol–water partition coefficient (Wildman–Crippen LogP) is 2.08. The SMILES string of the molecule is CC(C)(C)NS(=O)(=O)Nc1c(Cl)cccc1C(=O)O. The minimum Gasteiger partial charge on any atom is -0.478 e. The molecule has 0 amide bonds. The molecular formula is C11H15ClN2O4S. The van der Waals surface area contributed by atoms with Crippen LogP contribution in [0.4, 0.5) is 5.69 Å². The smallest absolute Gasteiger partial charge is 0.337 e. The monoisotopic (exact) mass is 306 g/mol. The van der Waals surface area contributed by atoms with Crippen LogP contribution < -0.4 is 9.44 Å². The molecule has 1 aromatic rings. The Morgan fingerprint density at radius 1 is 1.32 bits per heavy atom. The Balaban J connectivity index is 3.16. The first-order chi connectivity index (χ1) is 8.52. The molecule has 0 aliphatic rings. The molecule has 0 saturated heterocycles. The Bertz CT molecular complexity index is 593. The molecule has 0 bridgehead atoms. The highest BCUT2D eigenvalue weighted by Crippen LogP contribution is 2.27. The van der Waals surface area contributed by atoms with Crippen LogP contribution in [0.5, 0.6) is 0 Å². The number of para-hydroxylation sites is 1. The largest absolute Gasteiger partial charge is 0.478 e. The third-order valence-corrected chi connectivity index (χ3v) is 3.59. The van der Waals surface area contributed by atoms with Gasteiger partial charge in [0.25, 0.3) is 10.2 Å². The van der Waals surface area contributed by atoms with Crippen molar-refractivity contribution in [2.75, 3.05) is 4.72 Å². The molecule has 6 nitrogen and oxygen atoms in total. The molecule has 0 saturated carbocycles. The Morgan fingerprint density at radius 2 is 1.89 bits per heavy atom. The summed E-state index contributed by atoms with van der Waals surface area (Å²) in [7, 11) is -3.92. The first-order valence-electron chi connectivity index (χ1n) is 5.35. The summed E-state index contributed by atoms with van der Waals surface area (Å²) < 4.78 is 28.2. The van der Waals surface area contributed by atoms with E-state index in [-0.39, 0.29) is 16.3 Å². The van der Waals surface area contributed by atoms with Gasteiger partial charge in [-0.2, -0.15) is 13.1 Å². The topological polar surface area (TPSA) is 95.5 Å². The van der Waals surface area contributed by atoms with Crippen molar-refractivity contribution >= 4 is 33.5 Å². The van der Waals surface area contributed by atoms with Crippen LogP contribution in [-0.2, 0) is 10.2 Å². The minimum atomic E-state index is -3.92. The van der Waals surface area contributed by atoms with E-state index in [1.807, 2.05) is 0 Å². The number of anilines is 1. The van der Waals surface area contributed by atoms with E-state index < -0.39 is 21.7 Å². The van der Waals surface area contributed by atoms with Crippen molar-refractivity contribution in [1.29, 1.82) is 0 Å². The Hall–Kier alpha value is -1.31. The molecule has 0 aromatic heterocycles. The fourth-order valence-electron chi connectivity index (χ4n) is 1.37. The lowest BCUT2D eigenvalue weighted by atomic mass is 10.1. The number of aromatic carboxylic acids is 1. The zero-order valence-electron chi connectivity index (χ0n) is 10.7. The molecule has 1 rings (SSSR count). The summed E-state index contributed by atoms with van der Waals surface area (Å²) in [6, 6.07) is 4.10. The van der Waals surface area contributed by atoms with E-state index in [1.165, 1.54) is 18.2 Å². The molecule has 0 spiro atoms. The Kier molecular flexibility index (Phi) is 4.44. The van der Waals surface area contributed by atoms with Crippen molar-refractivity contribution in [2.45, 2.75) is 26.3 Å². The molecule has 3 N–H and O–H groups in total. The summed E-state index contributed by atoms with van der Waals surface area (Å²) in [6.45, 7) is 4.99. The number of benzene rings is 1. The van der Waals surface area contributed by atoms with Crippen LogP contribution in [0.1, 0.15) is 31.1 Å². The van der Waals surface area contributed by atoms with Crippen molar-refractivity contribution in [3.8, 4) is 0 Å². The minimum absolute atomic E-state index is 0.0131. The van der Waals surface area contributed by atoms with Gasteiger partial charge in [-0.15, -0.1) is 0 Å². The van der Waals surface area contributed by atoms with Crippen molar-refractivity contribution < 1.29 is 18.3 Å². The average molecular weight is 307 g/mol. The maximum absolute atomic E-state index is 11.9. The normalized spacial score (nSPS) is 12.2. The van der Waals surface area contributed by atoms with Crippen molar-refractivity contribution in [3.05, 3.63) is 28.8 Å². The van der Waals surface area contributed by atoms with Crippen molar-refractivity contribution in [3.63, 3.8) is 0 Å². The Morgan fingerprint density at radius 3 is 2.37 bits per heavy atom. The summed E-state index contributed by atoms with van der Waals surface area (Å²) in [4.78, 5) is 11.0. The molecule has 8 heteroatoms. The second-order valence-electron chi connectivity index (χ2n) is 4.93.